The summed E-state index contributed by atoms with van der Waals surface area (Å²) in [4.78, 5) is 0. The molecule has 0 bridgehead atoms. The molecule has 12 unspecified atom stereocenters. The monoisotopic (exact) mass is 1130 g/mol. The molecule has 0 aromatic carbocycles. The lowest BCUT2D eigenvalue weighted by molar-refractivity contribution is -0.383. The maximum atomic E-state index is 12.8. The number of hydrogen-bond acceptors (Lipinski definition) is 25. The van der Waals surface area contributed by atoms with E-state index in [9.17, 15) is 86.8 Å². The molecule has 25 heteroatoms. The number of hydrogen-bond donors (Lipinski definition) is 17. The van der Waals surface area contributed by atoms with E-state index in [1.807, 2.05) is 13.8 Å². The lowest BCUT2D eigenvalue weighted by atomic mass is 9.35. The molecule has 8 aliphatic rings. The van der Waals surface area contributed by atoms with Crippen LogP contribution in [0.3, 0.4) is 0 Å². The van der Waals surface area contributed by atoms with Gasteiger partial charge in [0.15, 0.2) is 25.2 Å². The summed E-state index contributed by atoms with van der Waals surface area (Å²) in [6, 6.07) is 0. The van der Waals surface area contributed by atoms with Gasteiger partial charge in [-0.3, -0.25) is 0 Å². The van der Waals surface area contributed by atoms with E-state index < -0.39 is 206 Å². The second kappa shape index (κ2) is 23.1. The van der Waals surface area contributed by atoms with Crippen LogP contribution in [0.2, 0.25) is 0 Å². The third-order valence-corrected chi connectivity index (χ3v) is 21.0. The molecular formula is C53H92O25. The Labute approximate surface area is 454 Å². The smallest absolute Gasteiger partial charge is 0.187 e. The zero-order valence-electron chi connectivity index (χ0n) is 45.9. The lowest BCUT2D eigenvalue weighted by Crippen LogP contribution is -2.70. The molecule has 0 radical (unpaired) electrons. The molecule has 0 aromatic rings. The Bertz CT molecular complexity index is 2000. The predicted octanol–water partition coefficient (Wildman–Crippen LogP) is -4.43. The lowest BCUT2D eigenvalue weighted by Gasteiger charge is -2.71. The van der Waals surface area contributed by atoms with Gasteiger partial charge in [-0.1, -0.05) is 34.6 Å². The number of rotatable bonds is 16. The normalized spacial score (nSPS) is 52.9. The van der Waals surface area contributed by atoms with Crippen molar-refractivity contribution in [3.8, 4) is 0 Å². The van der Waals surface area contributed by atoms with Crippen LogP contribution in [0.4, 0.5) is 0 Å². The molecular weight excluding hydrogens is 1040 g/mol. The van der Waals surface area contributed by atoms with Crippen LogP contribution in [-0.2, 0) is 37.9 Å². The number of fused-ring (bicyclic) bond motifs is 5. The van der Waals surface area contributed by atoms with Gasteiger partial charge in [-0.15, -0.1) is 0 Å². The first-order valence-corrected chi connectivity index (χ1v) is 27.9. The largest absolute Gasteiger partial charge is 0.394 e. The van der Waals surface area contributed by atoms with E-state index in [1.165, 1.54) is 13.8 Å². The van der Waals surface area contributed by atoms with Gasteiger partial charge in [0, 0.05) is 0 Å². The predicted molar refractivity (Wildman–Crippen MR) is 264 cm³/mol. The summed E-state index contributed by atoms with van der Waals surface area (Å²) < 4.78 is 48.2. The molecule has 0 aromatic heterocycles. The molecule has 25 nitrogen and oxygen atoms in total. The van der Waals surface area contributed by atoms with Gasteiger partial charge in [-0.05, 0) is 117 Å². The van der Waals surface area contributed by atoms with Crippen molar-refractivity contribution in [2.75, 3.05) is 26.4 Å². The number of aliphatic hydroxyl groups excluding tert-OH is 16. The molecule has 78 heavy (non-hydrogen) atoms. The van der Waals surface area contributed by atoms with Crippen LogP contribution >= 0.6 is 0 Å². The van der Waals surface area contributed by atoms with Crippen molar-refractivity contribution in [1.82, 2.24) is 0 Å². The van der Waals surface area contributed by atoms with Gasteiger partial charge in [0.05, 0.1) is 62.0 Å². The van der Waals surface area contributed by atoms with Gasteiger partial charge in [-0.2, -0.15) is 0 Å². The standard InChI is InChI=1S/C53H92O25/c1-48(2)28-10-13-51(6)29(50(28,5)16-23(57)43(48)77-47-42(38(66)34(62)26(18-55)74-47)76-45-40(68)36(64)33(61)25(17-54)73-45)15-22(56)31-21(9-12-52(31,51)7)53(8,14-11-30(59)49(3,4)70)78-46-41(69)37(65)35(63)27(75-46)20-72-44-39(67)32(60)24(58)19-71-44/h21-47,54-70H,9-20H2,1-8H3/t21?,22?,23?,24-,25-,26-,27-,28?,29?,30?,31?,32+,33-,34-,35-,36+,37+,38+,39-,40-,41-,42-,43?,44+,45+,46+,47+,50?,51?,52?,53?/m1/s1. The van der Waals surface area contributed by atoms with E-state index in [4.69, 9.17) is 37.9 Å². The maximum Gasteiger partial charge on any atom is 0.187 e. The molecule has 17 N–H and O–H groups in total. The van der Waals surface area contributed by atoms with Crippen LogP contribution in [0.5, 0.6) is 0 Å². The summed E-state index contributed by atoms with van der Waals surface area (Å²) in [5.74, 6) is -1.32. The summed E-state index contributed by atoms with van der Waals surface area (Å²) in [6.45, 7) is 12.8. The molecule has 4 aliphatic heterocycles. The van der Waals surface area contributed by atoms with Gasteiger partial charge in [0.2, 0.25) is 0 Å². The molecule has 8 fully saturated rings. The quantitative estimate of drug-likeness (QED) is 0.0649. The van der Waals surface area contributed by atoms with Gasteiger partial charge in [0.25, 0.3) is 0 Å². The first-order valence-electron chi connectivity index (χ1n) is 27.9. The molecule has 31 atom stereocenters. The van der Waals surface area contributed by atoms with Gasteiger partial charge < -0.3 is 125 Å². The van der Waals surface area contributed by atoms with Gasteiger partial charge in [0.1, 0.15) is 91.6 Å². The Kier molecular flexibility index (Phi) is 18.7. The fraction of sp³-hybridized carbons (Fsp3) is 1.00. The zero-order valence-corrected chi connectivity index (χ0v) is 45.9. The highest BCUT2D eigenvalue weighted by atomic mass is 16.8. The van der Waals surface area contributed by atoms with Crippen molar-refractivity contribution in [1.29, 1.82) is 0 Å². The summed E-state index contributed by atoms with van der Waals surface area (Å²) in [5.41, 5.74) is -5.49. The van der Waals surface area contributed by atoms with Crippen molar-refractivity contribution < 1.29 is 125 Å². The van der Waals surface area contributed by atoms with Crippen LogP contribution in [0.25, 0.3) is 0 Å². The molecule has 4 heterocycles. The van der Waals surface area contributed by atoms with E-state index >= 15 is 0 Å². The van der Waals surface area contributed by atoms with Crippen LogP contribution in [-0.4, -0.2) is 266 Å². The average molecular weight is 1130 g/mol. The van der Waals surface area contributed by atoms with Crippen molar-refractivity contribution in [3.05, 3.63) is 0 Å². The summed E-state index contributed by atoms with van der Waals surface area (Å²) in [7, 11) is 0. The molecule has 4 saturated heterocycles. The molecule has 0 spiro atoms. The fourth-order valence-electron chi connectivity index (χ4n) is 16.3. The highest BCUT2D eigenvalue weighted by Crippen LogP contribution is 2.76. The van der Waals surface area contributed by atoms with E-state index in [2.05, 4.69) is 20.8 Å². The highest BCUT2D eigenvalue weighted by molar-refractivity contribution is 5.21. The number of ether oxygens (including phenoxy) is 8. The minimum absolute atomic E-state index is 0.00419. The summed E-state index contributed by atoms with van der Waals surface area (Å²) in [6.07, 6.45) is -32.7. The van der Waals surface area contributed by atoms with Crippen LogP contribution in [0, 0.1) is 45.3 Å². The van der Waals surface area contributed by atoms with E-state index in [-0.39, 0.29) is 37.7 Å². The van der Waals surface area contributed by atoms with Gasteiger partial charge >= 0.3 is 0 Å². The van der Waals surface area contributed by atoms with E-state index in [0.717, 1.165) is 0 Å². The third-order valence-electron chi connectivity index (χ3n) is 21.0. The average Bonchev–Trinajstić information content (AvgIpc) is 3.83. The minimum Gasteiger partial charge on any atom is -0.394 e. The SMILES string of the molecule is CC(C)(O)C(O)CCC(C)(O[C@@H]1O[C@H](CO[C@@H]2OC[C@@H](O)[C@H](O)[C@H]2O)[C@@H](O)[C@H](O)[C@H]1O)C1CCC2(C)C1C(O)CC1C3(C)CC(O)C(O[C@@H]4O[C@H](CO)[C@@H](O)[C@H](O)[C@H]4O[C@@H]4O[C@H](CO)[C@@H](O)[C@H](O)[C@H]4O)C(C)(C)C3CCC12C. The molecule has 0 amide bonds. The Morgan fingerprint density at radius 1 is 0.577 bits per heavy atom. The second-order valence-corrected chi connectivity index (χ2v) is 26.3. The first kappa shape index (κ1) is 63.0. The summed E-state index contributed by atoms with van der Waals surface area (Å²) >= 11 is 0. The number of aliphatic hydroxyl groups is 17. The van der Waals surface area contributed by atoms with E-state index in [0.29, 0.717) is 32.1 Å². The van der Waals surface area contributed by atoms with E-state index in [1.54, 1.807) is 6.92 Å². The Morgan fingerprint density at radius 3 is 1.74 bits per heavy atom. The summed E-state index contributed by atoms with van der Waals surface area (Å²) in [5, 5.41) is 186. The maximum absolute atomic E-state index is 12.8. The van der Waals surface area contributed by atoms with Crippen LogP contribution < -0.4 is 0 Å². The molecule has 4 saturated carbocycles. The Balaban J connectivity index is 1.04. The molecule has 454 valence electrons. The third kappa shape index (κ3) is 10.9. The molecule has 8 rings (SSSR count). The second-order valence-electron chi connectivity index (χ2n) is 26.3. The van der Waals surface area contributed by atoms with Crippen LogP contribution in [0.1, 0.15) is 107 Å². The first-order chi connectivity index (χ1) is 36.2. The minimum atomic E-state index is -1.89. The van der Waals surface area contributed by atoms with Gasteiger partial charge in [-0.25, -0.2) is 0 Å². The van der Waals surface area contributed by atoms with Crippen molar-refractivity contribution in [3.63, 3.8) is 0 Å². The van der Waals surface area contributed by atoms with Crippen molar-refractivity contribution >= 4 is 0 Å². The highest BCUT2D eigenvalue weighted by Gasteiger charge is 2.73. The fourth-order valence-corrected chi connectivity index (χ4v) is 16.3. The Hall–Kier alpha value is -1.00. The Morgan fingerprint density at radius 2 is 1.13 bits per heavy atom. The molecule has 4 aliphatic carbocycles. The van der Waals surface area contributed by atoms with Crippen molar-refractivity contribution in [2.45, 2.75) is 259 Å². The van der Waals surface area contributed by atoms with Crippen molar-refractivity contribution in [2.24, 2.45) is 45.3 Å². The van der Waals surface area contributed by atoms with Crippen LogP contribution in [0.15, 0.2) is 0 Å². The zero-order chi connectivity index (χ0) is 57.7. The topological polar surface area (TPSA) is 418 Å².